The van der Waals surface area contributed by atoms with Gasteiger partial charge in [0.25, 0.3) is 5.22 Å². The molecule has 0 bridgehead atoms. The number of benzene rings is 2. The molecule has 1 aromatic heterocycles. The van der Waals surface area contributed by atoms with E-state index in [-0.39, 0.29) is 5.91 Å². The van der Waals surface area contributed by atoms with Crippen molar-refractivity contribution in [1.82, 2.24) is 9.88 Å². The predicted octanol–water partition coefficient (Wildman–Crippen LogP) is 5.61. The molecule has 150 valence electrons. The average molecular weight is 407 g/mol. The molecule has 2 unspecified atom stereocenters. The van der Waals surface area contributed by atoms with E-state index in [4.69, 9.17) is 9.40 Å². The zero-order valence-corrected chi connectivity index (χ0v) is 17.7. The van der Waals surface area contributed by atoms with E-state index < -0.39 is 0 Å². The quantitative estimate of drug-likeness (QED) is 0.517. The number of carbonyl (C=O) groups excluding carboxylic acids is 1. The number of carbonyl (C=O) groups is 1. The fourth-order valence-corrected chi connectivity index (χ4v) is 4.75. The number of piperidine rings is 1. The van der Waals surface area contributed by atoms with Crippen LogP contribution in [0.25, 0.3) is 22.6 Å². The van der Waals surface area contributed by atoms with E-state index in [0.717, 1.165) is 35.7 Å². The van der Waals surface area contributed by atoms with Crippen molar-refractivity contribution in [2.45, 2.75) is 25.5 Å². The second-order valence-corrected chi connectivity index (χ2v) is 8.85. The highest BCUT2D eigenvalue weighted by atomic mass is 32.2. The van der Waals surface area contributed by atoms with Crippen LogP contribution in [0.2, 0.25) is 0 Å². The molecule has 1 fully saturated rings. The van der Waals surface area contributed by atoms with Gasteiger partial charge < -0.3 is 9.32 Å². The third kappa shape index (κ3) is 4.73. The van der Waals surface area contributed by atoms with Crippen molar-refractivity contribution in [2.75, 3.05) is 18.8 Å². The number of rotatable bonds is 5. The van der Waals surface area contributed by atoms with Gasteiger partial charge in [0, 0.05) is 24.2 Å². The molecule has 0 aliphatic carbocycles. The van der Waals surface area contributed by atoms with Gasteiger partial charge in [0.15, 0.2) is 5.76 Å². The zero-order valence-electron chi connectivity index (χ0n) is 16.9. The molecule has 0 saturated carbocycles. The van der Waals surface area contributed by atoms with Gasteiger partial charge in [0.2, 0.25) is 5.91 Å². The smallest absolute Gasteiger partial charge is 0.257 e. The Bertz CT molecular complexity index is 889. The lowest BCUT2D eigenvalue weighted by Crippen LogP contribution is -2.43. The van der Waals surface area contributed by atoms with Crippen LogP contribution in [0.3, 0.4) is 0 Å². The summed E-state index contributed by atoms with van der Waals surface area (Å²) in [6.07, 6.45) is 1.19. The maximum atomic E-state index is 12.7. The first-order valence-electron chi connectivity index (χ1n) is 10.1. The normalized spacial score (nSPS) is 19.3. The SMILES string of the molecule is CC1CC(C)CN(C(=O)CSc2nc(-c3ccccc3)c(-c3ccccc3)o2)C1. The highest BCUT2D eigenvalue weighted by molar-refractivity contribution is 7.99. The van der Waals surface area contributed by atoms with Gasteiger partial charge in [-0.3, -0.25) is 4.79 Å². The lowest BCUT2D eigenvalue weighted by Gasteiger charge is -2.34. The molecule has 4 rings (SSSR count). The molecule has 5 heteroatoms. The fourth-order valence-electron chi connectivity index (χ4n) is 4.02. The molecule has 1 aliphatic rings. The molecule has 2 heterocycles. The highest BCUT2D eigenvalue weighted by Crippen LogP contribution is 2.35. The van der Waals surface area contributed by atoms with E-state index in [0.29, 0.717) is 22.8 Å². The maximum Gasteiger partial charge on any atom is 0.257 e. The van der Waals surface area contributed by atoms with E-state index in [9.17, 15) is 4.79 Å². The van der Waals surface area contributed by atoms with Crippen LogP contribution in [0.1, 0.15) is 20.3 Å². The Labute approximate surface area is 176 Å². The van der Waals surface area contributed by atoms with Gasteiger partial charge in [-0.15, -0.1) is 0 Å². The van der Waals surface area contributed by atoms with Crippen molar-refractivity contribution in [3.63, 3.8) is 0 Å². The van der Waals surface area contributed by atoms with Crippen LogP contribution < -0.4 is 0 Å². The Hall–Kier alpha value is -2.53. The molecule has 2 aromatic carbocycles. The van der Waals surface area contributed by atoms with Crippen LogP contribution in [0.4, 0.5) is 0 Å². The number of hydrogen-bond acceptors (Lipinski definition) is 4. The van der Waals surface area contributed by atoms with Crippen LogP contribution in [-0.2, 0) is 4.79 Å². The zero-order chi connectivity index (χ0) is 20.2. The van der Waals surface area contributed by atoms with Crippen molar-refractivity contribution in [2.24, 2.45) is 11.8 Å². The van der Waals surface area contributed by atoms with Crippen molar-refractivity contribution in [3.05, 3.63) is 60.7 Å². The van der Waals surface area contributed by atoms with Crippen molar-refractivity contribution >= 4 is 17.7 Å². The van der Waals surface area contributed by atoms with E-state index in [2.05, 4.69) is 13.8 Å². The number of likely N-dealkylation sites (tertiary alicyclic amines) is 1. The third-order valence-corrected chi connectivity index (χ3v) is 6.04. The summed E-state index contributed by atoms with van der Waals surface area (Å²) < 4.78 is 6.12. The summed E-state index contributed by atoms with van der Waals surface area (Å²) in [7, 11) is 0. The molecule has 1 saturated heterocycles. The standard InChI is InChI=1S/C24H26N2O2S/c1-17-13-18(2)15-26(14-17)21(27)16-29-24-25-22(19-9-5-3-6-10-19)23(28-24)20-11-7-4-8-12-20/h3-12,17-18H,13-16H2,1-2H3. The monoisotopic (exact) mass is 406 g/mol. The predicted molar refractivity (Wildman–Crippen MR) is 118 cm³/mol. The lowest BCUT2D eigenvalue weighted by atomic mass is 9.92. The first-order chi connectivity index (χ1) is 14.1. The van der Waals surface area contributed by atoms with Crippen molar-refractivity contribution < 1.29 is 9.21 Å². The summed E-state index contributed by atoms with van der Waals surface area (Å²) in [5, 5.41) is 0.536. The summed E-state index contributed by atoms with van der Waals surface area (Å²) in [6, 6.07) is 20.0. The largest absolute Gasteiger partial charge is 0.431 e. The van der Waals surface area contributed by atoms with E-state index in [1.54, 1.807) is 0 Å². The van der Waals surface area contributed by atoms with Crippen LogP contribution in [0, 0.1) is 11.8 Å². The first kappa shape index (κ1) is 19.8. The highest BCUT2D eigenvalue weighted by Gasteiger charge is 2.26. The Balaban J connectivity index is 1.54. The fraction of sp³-hybridized carbons (Fsp3) is 0.333. The molecule has 0 N–H and O–H groups in total. The van der Waals surface area contributed by atoms with Gasteiger partial charge in [-0.05, 0) is 18.3 Å². The van der Waals surface area contributed by atoms with Crippen LogP contribution >= 0.6 is 11.8 Å². The molecule has 1 aliphatic heterocycles. The van der Waals surface area contributed by atoms with Gasteiger partial charge in [0.1, 0.15) is 5.69 Å². The van der Waals surface area contributed by atoms with Gasteiger partial charge in [-0.25, -0.2) is 4.98 Å². The molecule has 0 spiro atoms. The second kappa shape index (κ2) is 8.87. The minimum Gasteiger partial charge on any atom is -0.431 e. The van der Waals surface area contributed by atoms with E-state index in [1.807, 2.05) is 65.6 Å². The molecule has 3 aromatic rings. The molecule has 29 heavy (non-hydrogen) atoms. The third-order valence-electron chi connectivity index (χ3n) is 5.23. The summed E-state index contributed by atoms with van der Waals surface area (Å²) in [6.45, 7) is 6.13. The number of oxazole rings is 1. The Morgan fingerprint density at radius 3 is 2.21 bits per heavy atom. The van der Waals surface area contributed by atoms with Crippen LogP contribution in [0.15, 0.2) is 70.3 Å². The maximum absolute atomic E-state index is 12.7. The van der Waals surface area contributed by atoms with Crippen LogP contribution in [-0.4, -0.2) is 34.6 Å². The van der Waals surface area contributed by atoms with Crippen molar-refractivity contribution in [1.29, 1.82) is 0 Å². The second-order valence-electron chi connectivity index (χ2n) is 7.92. The molecule has 1 amide bonds. The van der Waals surface area contributed by atoms with E-state index in [1.165, 1.54) is 18.2 Å². The number of nitrogens with zero attached hydrogens (tertiary/aromatic N) is 2. The van der Waals surface area contributed by atoms with Crippen LogP contribution in [0.5, 0.6) is 0 Å². The minimum atomic E-state index is 0.161. The minimum absolute atomic E-state index is 0.161. The molecule has 2 atom stereocenters. The summed E-state index contributed by atoms with van der Waals surface area (Å²) in [4.78, 5) is 19.5. The average Bonchev–Trinajstić information content (AvgIpc) is 3.17. The molecular weight excluding hydrogens is 380 g/mol. The van der Waals surface area contributed by atoms with Gasteiger partial charge in [-0.1, -0.05) is 86.3 Å². The number of hydrogen-bond donors (Lipinski definition) is 0. The van der Waals surface area contributed by atoms with Gasteiger partial charge in [0.05, 0.1) is 5.75 Å². The van der Waals surface area contributed by atoms with Crippen molar-refractivity contribution in [3.8, 4) is 22.6 Å². The van der Waals surface area contributed by atoms with Gasteiger partial charge >= 0.3 is 0 Å². The number of aromatic nitrogens is 1. The first-order valence-corrected chi connectivity index (χ1v) is 11.1. The Morgan fingerprint density at radius 1 is 1.00 bits per heavy atom. The summed E-state index contributed by atoms with van der Waals surface area (Å²) in [5.41, 5.74) is 2.80. The topological polar surface area (TPSA) is 46.3 Å². The lowest BCUT2D eigenvalue weighted by molar-refractivity contribution is -0.130. The molecule has 0 radical (unpaired) electrons. The molecule has 4 nitrogen and oxygen atoms in total. The Kier molecular flexibility index (Phi) is 6.05. The number of amides is 1. The van der Waals surface area contributed by atoms with Gasteiger partial charge in [-0.2, -0.15) is 0 Å². The van der Waals surface area contributed by atoms with E-state index >= 15 is 0 Å². The molecular formula is C24H26N2O2S. The number of thioether (sulfide) groups is 1. The summed E-state index contributed by atoms with van der Waals surface area (Å²) in [5.74, 6) is 2.37. The Morgan fingerprint density at radius 2 is 1.59 bits per heavy atom. The summed E-state index contributed by atoms with van der Waals surface area (Å²) >= 11 is 1.38.